The van der Waals surface area contributed by atoms with Crippen LogP contribution >= 0.6 is 11.6 Å². The van der Waals surface area contributed by atoms with Crippen LogP contribution in [0.1, 0.15) is 43.9 Å². The van der Waals surface area contributed by atoms with Crippen molar-refractivity contribution in [3.8, 4) is 5.75 Å². The Morgan fingerprint density at radius 3 is 2.27 bits per heavy atom. The summed E-state index contributed by atoms with van der Waals surface area (Å²) in [4.78, 5) is 27.3. The molecular formula is C24H31ClN2O3. The molecule has 30 heavy (non-hydrogen) atoms. The zero-order chi connectivity index (χ0) is 22.3. The largest absolute Gasteiger partial charge is 0.484 e. The summed E-state index contributed by atoms with van der Waals surface area (Å²) < 4.78 is 5.75. The zero-order valence-electron chi connectivity index (χ0n) is 18.4. The van der Waals surface area contributed by atoms with E-state index in [1.807, 2.05) is 70.2 Å². The van der Waals surface area contributed by atoms with Crippen molar-refractivity contribution in [1.82, 2.24) is 10.2 Å². The number of amides is 2. The van der Waals surface area contributed by atoms with Crippen LogP contribution in [0.15, 0.2) is 42.5 Å². The maximum absolute atomic E-state index is 13.1. The van der Waals surface area contributed by atoms with Crippen LogP contribution in [0.25, 0.3) is 0 Å². The van der Waals surface area contributed by atoms with Gasteiger partial charge < -0.3 is 15.0 Å². The summed E-state index contributed by atoms with van der Waals surface area (Å²) in [6.07, 6.45) is 0.823. The van der Waals surface area contributed by atoms with Crippen molar-refractivity contribution in [1.29, 1.82) is 0 Å². The maximum Gasteiger partial charge on any atom is 0.261 e. The second kappa shape index (κ2) is 11.0. The molecule has 0 aliphatic heterocycles. The maximum atomic E-state index is 13.1. The first-order valence-electron chi connectivity index (χ1n) is 10.3. The summed E-state index contributed by atoms with van der Waals surface area (Å²) in [5.74, 6) is 0.154. The number of hydrogen-bond acceptors (Lipinski definition) is 3. The van der Waals surface area contributed by atoms with E-state index in [9.17, 15) is 9.59 Å². The molecule has 0 heterocycles. The van der Waals surface area contributed by atoms with E-state index in [2.05, 4.69) is 5.32 Å². The molecule has 0 fully saturated rings. The lowest BCUT2D eigenvalue weighted by molar-refractivity contribution is -0.142. The van der Waals surface area contributed by atoms with Gasteiger partial charge in [-0.25, -0.2) is 0 Å². The first kappa shape index (κ1) is 23.7. The summed E-state index contributed by atoms with van der Waals surface area (Å²) in [5.41, 5.74) is 2.73. The molecule has 0 aliphatic rings. The Bertz CT molecular complexity index is 847. The minimum Gasteiger partial charge on any atom is -0.484 e. The van der Waals surface area contributed by atoms with Gasteiger partial charge in [0.1, 0.15) is 11.8 Å². The van der Waals surface area contributed by atoms with Gasteiger partial charge in [0, 0.05) is 17.6 Å². The number of aryl methyl sites for hydroxylation is 2. The highest BCUT2D eigenvalue weighted by atomic mass is 35.5. The Balaban J connectivity index is 2.16. The lowest BCUT2D eigenvalue weighted by Crippen LogP contribution is -2.50. The molecule has 0 aliphatic carbocycles. The van der Waals surface area contributed by atoms with Gasteiger partial charge >= 0.3 is 0 Å². The fraction of sp³-hybridized carbons (Fsp3) is 0.417. The fourth-order valence-corrected chi connectivity index (χ4v) is 3.15. The highest BCUT2D eigenvalue weighted by Gasteiger charge is 2.27. The summed E-state index contributed by atoms with van der Waals surface area (Å²) in [7, 11) is 0. The summed E-state index contributed by atoms with van der Waals surface area (Å²) in [6.45, 7) is 9.66. The van der Waals surface area contributed by atoms with E-state index in [-0.39, 0.29) is 24.5 Å². The van der Waals surface area contributed by atoms with Crippen molar-refractivity contribution in [2.24, 2.45) is 0 Å². The SMILES string of the molecule is CC[C@H](C)NC(=O)[C@@H](C)N(Cc1ccccc1)C(=O)COc1cc(C)c(Cl)c(C)c1. The summed E-state index contributed by atoms with van der Waals surface area (Å²) in [6, 6.07) is 12.7. The molecule has 162 valence electrons. The molecule has 2 aromatic rings. The van der Waals surface area contributed by atoms with E-state index in [0.29, 0.717) is 17.3 Å². The average molecular weight is 431 g/mol. The quantitative estimate of drug-likeness (QED) is 0.629. The minimum atomic E-state index is -0.621. The standard InChI is InChI=1S/C24H31ClN2O3/c1-6-18(4)26-24(29)19(5)27(14-20-10-8-7-9-11-20)22(28)15-30-21-12-16(2)23(25)17(3)13-21/h7-13,18-19H,6,14-15H2,1-5H3,(H,26,29)/t18-,19+/m0/s1. The van der Waals surface area contributed by atoms with Gasteiger partial charge in [0.15, 0.2) is 6.61 Å². The fourth-order valence-electron chi connectivity index (χ4n) is 3.05. The normalized spacial score (nSPS) is 12.7. The molecule has 2 amide bonds. The molecule has 0 spiro atoms. The van der Waals surface area contributed by atoms with Crippen molar-refractivity contribution in [2.75, 3.05) is 6.61 Å². The number of halogens is 1. The third-order valence-electron chi connectivity index (χ3n) is 5.14. The van der Waals surface area contributed by atoms with Crippen LogP contribution in [0.3, 0.4) is 0 Å². The van der Waals surface area contributed by atoms with Crippen molar-refractivity contribution in [2.45, 2.75) is 59.7 Å². The second-order valence-corrected chi connectivity index (χ2v) is 8.04. The number of rotatable bonds is 9. The number of carbonyl (C=O) groups excluding carboxylic acids is 2. The number of carbonyl (C=O) groups is 2. The van der Waals surface area contributed by atoms with E-state index < -0.39 is 6.04 Å². The number of nitrogens with one attached hydrogen (secondary N) is 1. The van der Waals surface area contributed by atoms with Gasteiger partial charge in [-0.2, -0.15) is 0 Å². The molecule has 0 unspecified atom stereocenters. The molecule has 1 N–H and O–H groups in total. The lowest BCUT2D eigenvalue weighted by atomic mass is 10.1. The average Bonchev–Trinajstić information content (AvgIpc) is 2.74. The molecule has 0 saturated carbocycles. The van der Waals surface area contributed by atoms with Crippen LogP contribution in [-0.2, 0) is 16.1 Å². The Labute approximate surface area is 184 Å². The van der Waals surface area contributed by atoms with Crippen LogP contribution in [0, 0.1) is 13.8 Å². The Hall–Kier alpha value is -2.53. The van der Waals surface area contributed by atoms with E-state index >= 15 is 0 Å². The van der Waals surface area contributed by atoms with Crippen LogP contribution in [0.5, 0.6) is 5.75 Å². The Morgan fingerprint density at radius 1 is 1.10 bits per heavy atom. The highest BCUT2D eigenvalue weighted by Crippen LogP contribution is 2.26. The van der Waals surface area contributed by atoms with E-state index in [0.717, 1.165) is 23.1 Å². The molecule has 0 saturated heterocycles. The third-order valence-corrected chi connectivity index (χ3v) is 5.73. The van der Waals surface area contributed by atoms with Gasteiger partial charge in [0.05, 0.1) is 0 Å². The van der Waals surface area contributed by atoms with Crippen molar-refractivity contribution in [3.05, 3.63) is 64.2 Å². The van der Waals surface area contributed by atoms with Crippen molar-refractivity contribution in [3.63, 3.8) is 0 Å². The molecule has 2 aromatic carbocycles. The highest BCUT2D eigenvalue weighted by molar-refractivity contribution is 6.32. The van der Waals surface area contributed by atoms with E-state index in [1.165, 1.54) is 0 Å². The summed E-state index contributed by atoms with van der Waals surface area (Å²) in [5, 5.41) is 3.65. The monoisotopic (exact) mass is 430 g/mol. The lowest BCUT2D eigenvalue weighted by Gasteiger charge is -2.29. The Kier molecular flexibility index (Phi) is 8.72. The van der Waals surface area contributed by atoms with Crippen molar-refractivity contribution < 1.29 is 14.3 Å². The first-order valence-corrected chi connectivity index (χ1v) is 10.6. The predicted molar refractivity (Wildman–Crippen MR) is 121 cm³/mol. The van der Waals surface area contributed by atoms with Crippen LogP contribution < -0.4 is 10.1 Å². The number of ether oxygens (including phenoxy) is 1. The molecule has 5 nitrogen and oxygen atoms in total. The summed E-state index contributed by atoms with van der Waals surface area (Å²) >= 11 is 6.21. The van der Waals surface area contributed by atoms with Crippen LogP contribution in [0.2, 0.25) is 5.02 Å². The minimum absolute atomic E-state index is 0.0462. The molecule has 2 rings (SSSR count). The van der Waals surface area contributed by atoms with E-state index in [4.69, 9.17) is 16.3 Å². The Morgan fingerprint density at radius 2 is 1.70 bits per heavy atom. The second-order valence-electron chi connectivity index (χ2n) is 7.66. The molecule has 6 heteroatoms. The first-order chi connectivity index (χ1) is 14.2. The van der Waals surface area contributed by atoms with Crippen molar-refractivity contribution >= 4 is 23.4 Å². The molecule has 0 bridgehead atoms. The number of hydrogen-bond donors (Lipinski definition) is 1. The smallest absolute Gasteiger partial charge is 0.261 e. The van der Waals surface area contributed by atoms with Crippen LogP contribution in [0.4, 0.5) is 0 Å². The van der Waals surface area contributed by atoms with E-state index in [1.54, 1.807) is 11.8 Å². The third kappa shape index (κ3) is 6.49. The van der Waals surface area contributed by atoms with Gasteiger partial charge in [0.2, 0.25) is 5.91 Å². The zero-order valence-corrected chi connectivity index (χ0v) is 19.1. The molecular weight excluding hydrogens is 400 g/mol. The topological polar surface area (TPSA) is 58.6 Å². The molecule has 0 aromatic heterocycles. The van der Waals surface area contributed by atoms with Gasteiger partial charge in [-0.15, -0.1) is 0 Å². The molecule has 2 atom stereocenters. The van der Waals surface area contributed by atoms with Gasteiger partial charge in [0.25, 0.3) is 5.91 Å². The van der Waals surface area contributed by atoms with Crippen LogP contribution in [-0.4, -0.2) is 35.4 Å². The van der Waals surface area contributed by atoms with Gasteiger partial charge in [-0.05, 0) is 62.9 Å². The molecule has 0 radical (unpaired) electrons. The number of benzene rings is 2. The van der Waals surface area contributed by atoms with Gasteiger partial charge in [-0.3, -0.25) is 9.59 Å². The van der Waals surface area contributed by atoms with Gasteiger partial charge in [-0.1, -0.05) is 48.9 Å². The number of nitrogens with zero attached hydrogens (tertiary/aromatic N) is 1. The predicted octanol–water partition coefficient (Wildman–Crippen LogP) is 4.67.